The molecule has 1 amide bonds. The van der Waals surface area contributed by atoms with Gasteiger partial charge in [0.1, 0.15) is 6.54 Å². The van der Waals surface area contributed by atoms with Crippen molar-refractivity contribution in [2.24, 2.45) is 14.1 Å². The van der Waals surface area contributed by atoms with Crippen LogP contribution in [0.15, 0.2) is 46.2 Å². The Morgan fingerprint density at radius 3 is 2.60 bits per heavy atom. The topological polar surface area (TPSA) is 109 Å². The molecule has 1 aromatic carbocycles. The van der Waals surface area contributed by atoms with E-state index in [0.29, 0.717) is 5.69 Å². The van der Waals surface area contributed by atoms with Crippen molar-refractivity contribution in [3.63, 3.8) is 0 Å². The van der Waals surface area contributed by atoms with E-state index in [0.717, 1.165) is 21.6 Å². The fourth-order valence-electron chi connectivity index (χ4n) is 3.49. The Morgan fingerprint density at radius 1 is 1.13 bits per heavy atom. The number of amides is 1. The van der Waals surface area contributed by atoms with Gasteiger partial charge in [-0.3, -0.25) is 14.2 Å². The van der Waals surface area contributed by atoms with E-state index in [-0.39, 0.29) is 11.2 Å². The monoisotopic (exact) mass is 407 g/mol. The molecular weight excluding hydrogens is 386 g/mol. The summed E-state index contributed by atoms with van der Waals surface area (Å²) in [7, 11) is 3.18. The molecule has 4 aromatic rings. The first-order valence-electron chi connectivity index (χ1n) is 9.30. The largest absolute Gasteiger partial charge is 0.332 e. The molecule has 0 aliphatic carbocycles. The second-order valence-electron chi connectivity index (χ2n) is 7.20. The molecule has 0 spiro atoms. The van der Waals surface area contributed by atoms with E-state index in [9.17, 15) is 14.4 Å². The zero-order valence-corrected chi connectivity index (χ0v) is 17.1. The number of imidazole rings is 1. The van der Waals surface area contributed by atoms with E-state index in [4.69, 9.17) is 0 Å². The summed E-state index contributed by atoms with van der Waals surface area (Å²) in [6, 6.07) is 9.16. The predicted molar refractivity (Wildman–Crippen MR) is 112 cm³/mol. The lowest BCUT2D eigenvalue weighted by Gasteiger charge is -2.11. The fraction of sp³-hybridized carbons (Fsp3) is 0.250. The minimum absolute atomic E-state index is 0.261. The van der Waals surface area contributed by atoms with Gasteiger partial charge in [-0.05, 0) is 38.1 Å². The van der Waals surface area contributed by atoms with Crippen molar-refractivity contribution in [1.82, 2.24) is 28.5 Å². The molecule has 10 nitrogen and oxygen atoms in total. The van der Waals surface area contributed by atoms with E-state index in [1.807, 2.05) is 26.0 Å². The van der Waals surface area contributed by atoms with E-state index < -0.39 is 23.7 Å². The normalized spacial score (nSPS) is 11.2. The van der Waals surface area contributed by atoms with Gasteiger partial charge in [-0.15, -0.1) is 0 Å². The number of anilines is 1. The Hall–Kier alpha value is -3.95. The lowest BCUT2D eigenvalue weighted by molar-refractivity contribution is -0.116. The van der Waals surface area contributed by atoms with Crippen LogP contribution >= 0.6 is 0 Å². The molecule has 0 bridgehead atoms. The number of aryl methyl sites for hydroxylation is 4. The van der Waals surface area contributed by atoms with Crippen LogP contribution in [0.3, 0.4) is 0 Å². The van der Waals surface area contributed by atoms with Gasteiger partial charge >= 0.3 is 5.69 Å². The Kier molecular flexibility index (Phi) is 4.61. The van der Waals surface area contributed by atoms with Crippen molar-refractivity contribution in [3.05, 3.63) is 68.9 Å². The first-order valence-corrected chi connectivity index (χ1v) is 9.30. The minimum Gasteiger partial charge on any atom is -0.328 e. The number of nitrogens with one attached hydrogen (secondary N) is 1. The van der Waals surface area contributed by atoms with Crippen molar-refractivity contribution in [1.29, 1.82) is 0 Å². The second-order valence-corrected chi connectivity index (χ2v) is 7.20. The quantitative estimate of drug-likeness (QED) is 0.540. The summed E-state index contributed by atoms with van der Waals surface area (Å²) in [4.78, 5) is 42.0. The number of rotatable bonds is 4. The van der Waals surface area contributed by atoms with Crippen molar-refractivity contribution < 1.29 is 4.79 Å². The molecule has 0 aliphatic heterocycles. The van der Waals surface area contributed by atoms with Gasteiger partial charge in [0.15, 0.2) is 11.2 Å². The Labute approximate surface area is 171 Å². The highest BCUT2D eigenvalue weighted by molar-refractivity contribution is 5.91. The zero-order chi connectivity index (χ0) is 21.6. The molecule has 0 atom stereocenters. The van der Waals surface area contributed by atoms with Crippen LogP contribution in [0.4, 0.5) is 5.69 Å². The third-order valence-corrected chi connectivity index (χ3v) is 4.89. The highest BCUT2D eigenvalue weighted by atomic mass is 16.2. The lowest BCUT2D eigenvalue weighted by Crippen LogP contribution is -2.42. The maximum absolute atomic E-state index is 12.7. The average molecular weight is 407 g/mol. The number of hydrogen-bond acceptors (Lipinski definition) is 5. The standard InChI is InChI=1S/C20H21N7O3/c1-12-8-13(2)27(23-12)15-7-5-6-14(9-15)22-16(28)10-26-19(29)17-18(21-11-24(17)3)25(4)20(26)30/h5-9,11H,10H2,1-4H3,(H,22,28). The van der Waals surface area contributed by atoms with Crippen LogP contribution < -0.4 is 16.6 Å². The van der Waals surface area contributed by atoms with Crippen LogP contribution in [0.1, 0.15) is 11.4 Å². The van der Waals surface area contributed by atoms with Crippen molar-refractivity contribution in [2.45, 2.75) is 20.4 Å². The number of carbonyl (C=O) groups is 1. The molecule has 3 aromatic heterocycles. The third-order valence-electron chi connectivity index (χ3n) is 4.89. The number of nitrogens with zero attached hydrogens (tertiary/aromatic N) is 6. The fourth-order valence-corrected chi connectivity index (χ4v) is 3.49. The first-order chi connectivity index (χ1) is 14.3. The van der Waals surface area contributed by atoms with E-state index in [2.05, 4.69) is 15.4 Å². The third kappa shape index (κ3) is 3.21. The Balaban J connectivity index is 1.63. The summed E-state index contributed by atoms with van der Waals surface area (Å²) in [5.74, 6) is -0.485. The van der Waals surface area contributed by atoms with Gasteiger partial charge in [-0.2, -0.15) is 5.10 Å². The molecule has 0 unspecified atom stereocenters. The van der Waals surface area contributed by atoms with Crippen molar-refractivity contribution in [2.75, 3.05) is 5.32 Å². The zero-order valence-electron chi connectivity index (χ0n) is 17.1. The van der Waals surface area contributed by atoms with Crippen LogP contribution in [-0.4, -0.2) is 34.4 Å². The van der Waals surface area contributed by atoms with Crippen LogP contribution in [0.25, 0.3) is 16.9 Å². The summed E-state index contributed by atoms with van der Waals surface area (Å²) < 4.78 is 5.47. The number of hydrogen-bond donors (Lipinski definition) is 1. The summed E-state index contributed by atoms with van der Waals surface area (Å²) in [5, 5.41) is 7.19. The summed E-state index contributed by atoms with van der Waals surface area (Å²) in [6.45, 7) is 3.45. The Bertz CT molecular complexity index is 1400. The molecule has 0 radical (unpaired) electrons. The molecule has 3 heterocycles. The highest BCUT2D eigenvalue weighted by Gasteiger charge is 2.17. The summed E-state index contributed by atoms with van der Waals surface area (Å²) in [5.41, 5.74) is 2.58. The number of benzene rings is 1. The second kappa shape index (κ2) is 7.14. The van der Waals surface area contributed by atoms with Gasteiger partial charge in [0.05, 0.1) is 17.7 Å². The van der Waals surface area contributed by atoms with Crippen molar-refractivity contribution >= 4 is 22.8 Å². The number of fused-ring (bicyclic) bond motifs is 1. The minimum atomic E-state index is -0.599. The number of aromatic nitrogens is 6. The molecule has 0 aliphatic rings. The summed E-state index contributed by atoms with van der Waals surface area (Å²) >= 11 is 0. The predicted octanol–water partition coefficient (Wildman–Crippen LogP) is 0.875. The molecule has 0 fully saturated rings. The molecule has 154 valence electrons. The van der Waals surface area contributed by atoms with Gasteiger partial charge < -0.3 is 9.88 Å². The Morgan fingerprint density at radius 2 is 1.90 bits per heavy atom. The van der Waals surface area contributed by atoms with Gasteiger partial charge in [0, 0.05) is 25.5 Å². The number of carbonyl (C=O) groups excluding carboxylic acids is 1. The maximum Gasteiger partial charge on any atom is 0.332 e. The molecular formula is C20H21N7O3. The van der Waals surface area contributed by atoms with Crippen LogP contribution in [0.2, 0.25) is 0 Å². The van der Waals surface area contributed by atoms with Gasteiger partial charge in [-0.1, -0.05) is 6.07 Å². The molecule has 4 rings (SSSR count). The van der Waals surface area contributed by atoms with E-state index >= 15 is 0 Å². The van der Waals surface area contributed by atoms with Crippen LogP contribution in [0.5, 0.6) is 0 Å². The van der Waals surface area contributed by atoms with Gasteiger partial charge in [0.2, 0.25) is 5.91 Å². The molecule has 30 heavy (non-hydrogen) atoms. The first kappa shape index (κ1) is 19.4. The smallest absolute Gasteiger partial charge is 0.328 e. The lowest BCUT2D eigenvalue weighted by atomic mass is 10.2. The molecule has 10 heteroatoms. The molecule has 0 saturated heterocycles. The average Bonchev–Trinajstić information content (AvgIpc) is 3.25. The maximum atomic E-state index is 12.7. The molecule has 1 N–H and O–H groups in total. The van der Waals surface area contributed by atoms with Crippen LogP contribution in [0, 0.1) is 13.8 Å². The van der Waals surface area contributed by atoms with E-state index in [1.165, 1.54) is 22.5 Å². The van der Waals surface area contributed by atoms with Crippen molar-refractivity contribution in [3.8, 4) is 5.69 Å². The SMILES string of the molecule is Cc1cc(C)n(-c2cccc(NC(=O)Cn3c(=O)c4c(ncn4C)n(C)c3=O)c2)n1. The van der Waals surface area contributed by atoms with E-state index in [1.54, 1.807) is 29.9 Å². The van der Waals surface area contributed by atoms with Crippen LogP contribution in [-0.2, 0) is 25.4 Å². The highest BCUT2D eigenvalue weighted by Crippen LogP contribution is 2.17. The summed E-state index contributed by atoms with van der Waals surface area (Å²) in [6.07, 6.45) is 1.46. The van der Waals surface area contributed by atoms with Gasteiger partial charge in [-0.25, -0.2) is 19.0 Å². The molecule has 0 saturated carbocycles. The van der Waals surface area contributed by atoms with Gasteiger partial charge in [0.25, 0.3) is 5.56 Å².